The van der Waals surface area contributed by atoms with Crippen molar-refractivity contribution >= 4 is 38.3 Å². The first-order valence-corrected chi connectivity index (χ1v) is 8.96. The van der Waals surface area contributed by atoms with Crippen molar-refractivity contribution in [3.8, 4) is 0 Å². The Labute approximate surface area is 143 Å². The highest BCUT2D eigenvalue weighted by Gasteiger charge is 2.18. The van der Waals surface area contributed by atoms with E-state index in [-0.39, 0.29) is 4.90 Å². The number of rotatable bonds is 3. The largest absolute Gasteiger partial charge is 0.423 e. The minimum absolute atomic E-state index is 0.0980. The molecule has 0 saturated heterocycles. The summed E-state index contributed by atoms with van der Waals surface area (Å²) in [7, 11) is -3.81. The summed E-state index contributed by atoms with van der Waals surface area (Å²) in [6.45, 7) is 3.43. The second kappa shape index (κ2) is 5.96. The van der Waals surface area contributed by atoms with E-state index < -0.39 is 15.6 Å². The van der Waals surface area contributed by atoms with Crippen molar-refractivity contribution in [2.45, 2.75) is 18.7 Å². The van der Waals surface area contributed by atoms with E-state index in [1.54, 1.807) is 38.1 Å². The second-order valence-corrected chi connectivity index (χ2v) is 7.49. The zero-order valence-electron chi connectivity index (χ0n) is 13.0. The molecular formula is C17H14ClNO4S. The highest BCUT2D eigenvalue weighted by Crippen LogP contribution is 2.26. The first kappa shape index (κ1) is 16.5. The fourth-order valence-electron chi connectivity index (χ4n) is 2.48. The lowest BCUT2D eigenvalue weighted by atomic mass is 10.1. The number of aryl methyl sites for hydroxylation is 1. The Morgan fingerprint density at radius 1 is 1.08 bits per heavy atom. The van der Waals surface area contributed by atoms with Gasteiger partial charge in [-0.1, -0.05) is 17.7 Å². The quantitative estimate of drug-likeness (QED) is 0.717. The van der Waals surface area contributed by atoms with Crippen molar-refractivity contribution in [3.63, 3.8) is 0 Å². The number of sulfonamides is 1. The molecule has 3 aromatic rings. The molecule has 0 amide bonds. The molecule has 0 atom stereocenters. The molecule has 0 radical (unpaired) electrons. The van der Waals surface area contributed by atoms with Gasteiger partial charge in [-0.05, 0) is 49.2 Å². The van der Waals surface area contributed by atoms with Crippen LogP contribution in [-0.4, -0.2) is 8.42 Å². The molecule has 0 saturated carbocycles. The summed E-state index contributed by atoms with van der Waals surface area (Å²) in [5.41, 5.74) is 1.38. The second-order valence-electron chi connectivity index (χ2n) is 5.43. The average molecular weight is 364 g/mol. The molecule has 0 aliphatic carbocycles. The summed E-state index contributed by atoms with van der Waals surface area (Å²) < 4.78 is 32.8. The standard InChI is InChI=1S/C17H14ClNO4S/c1-10-8-17(20)23-15-9-12(6-7-13(10)15)19-24(21,22)16-5-3-4-14(18)11(16)2/h3-9,19H,1-2H3. The Morgan fingerprint density at radius 2 is 1.83 bits per heavy atom. The van der Waals surface area contributed by atoms with Crippen LogP contribution >= 0.6 is 11.6 Å². The molecule has 24 heavy (non-hydrogen) atoms. The van der Waals surface area contributed by atoms with Crippen molar-refractivity contribution < 1.29 is 12.8 Å². The summed E-state index contributed by atoms with van der Waals surface area (Å²) in [5, 5.41) is 1.12. The van der Waals surface area contributed by atoms with Crippen LogP contribution in [-0.2, 0) is 10.0 Å². The maximum absolute atomic E-state index is 12.6. The lowest BCUT2D eigenvalue weighted by Gasteiger charge is -2.11. The van der Waals surface area contributed by atoms with Gasteiger partial charge in [-0.3, -0.25) is 4.72 Å². The maximum Gasteiger partial charge on any atom is 0.336 e. The minimum atomic E-state index is -3.81. The van der Waals surface area contributed by atoms with Gasteiger partial charge in [0.15, 0.2) is 0 Å². The third kappa shape index (κ3) is 3.02. The van der Waals surface area contributed by atoms with Gasteiger partial charge in [0.2, 0.25) is 0 Å². The van der Waals surface area contributed by atoms with Crippen LogP contribution in [0.4, 0.5) is 5.69 Å². The van der Waals surface area contributed by atoms with Crippen molar-refractivity contribution in [1.29, 1.82) is 0 Å². The summed E-state index contributed by atoms with van der Waals surface area (Å²) in [5.74, 6) is 0. The van der Waals surface area contributed by atoms with Gasteiger partial charge in [-0.2, -0.15) is 0 Å². The molecule has 3 rings (SSSR count). The first-order chi connectivity index (χ1) is 11.3. The molecule has 1 N–H and O–H groups in total. The number of anilines is 1. The Bertz CT molecular complexity index is 1100. The van der Waals surface area contributed by atoms with Gasteiger partial charge >= 0.3 is 5.63 Å². The summed E-state index contributed by atoms with van der Waals surface area (Å²) in [6, 6.07) is 10.9. The van der Waals surface area contributed by atoms with E-state index in [1.165, 1.54) is 18.2 Å². The van der Waals surface area contributed by atoms with E-state index in [9.17, 15) is 13.2 Å². The lowest BCUT2D eigenvalue weighted by molar-refractivity contribution is 0.560. The molecule has 5 nitrogen and oxygen atoms in total. The van der Waals surface area contributed by atoms with Crippen LogP contribution in [0.1, 0.15) is 11.1 Å². The Kier molecular flexibility index (Phi) is 4.11. The van der Waals surface area contributed by atoms with Gasteiger partial charge in [-0.15, -0.1) is 0 Å². The van der Waals surface area contributed by atoms with Gasteiger partial charge in [0, 0.05) is 22.5 Å². The van der Waals surface area contributed by atoms with E-state index in [2.05, 4.69) is 4.72 Å². The smallest absolute Gasteiger partial charge is 0.336 e. The molecular weight excluding hydrogens is 350 g/mol. The molecule has 2 aromatic carbocycles. The molecule has 7 heteroatoms. The molecule has 0 spiro atoms. The van der Waals surface area contributed by atoms with E-state index in [1.807, 2.05) is 0 Å². The number of halogens is 1. The molecule has 1 aromatic heterocycles. The summed E-state index contributed by atoms with van der Waals surface area (Å²) in [4.78, 5) is 11.6. The van der Waals surface area contributed by atoms with E-state index in [0.29, 0.717) is 21.9 Å². The van der Waals surface area contributed by atoms with Gasteiger partial charge in [-0.25, -0.2) is 13.2 Å². The summed E-state index contributed by atoms with van der Waals surface area (Å²) in [6.07, 6.45) is 0. The molecule has 1 heterocycles. The van der Waals surface area contributed by atoms with Gasteiger partial charge < -0.3 is 4.42 Å². The van der Waals surface area contributed by atoms with Crippen molar-refractivity contribution in [3.05, 3.63) is 69.0 Å². The number of benzene rings is 2. The van der Waals surface area contributed by atoms with Crippen molar-refractivity contribution in [2.75, 3.05) is 4.72 Å². The predicted molar refractivity (Wildman–Crippen MR) is 94.2 cm³/mol. The highest BCUT2D eigenvalue weighted by atomic mass is 35.5. The molecule has 124 valence electrons. The Balaban J connectivity index is 2.06. The molecule has 0 bridgehead atoms. The molecule has 0 aliphatic rings. The van der Waals surface area contributed by atoms with Crippen LogP contribution in [0.15, 0.2) is 56.6 Å². The van der Waals surface area contributed by atoms with Crippen LogP contribution in [0.25, 0.3) is 11.0 Å². The third-order valence-corrected chi connectivity index (χ3v) is 5.65. The van der Waals surface area contributed by atoms with E-state index >= 15 is 0 Å². The van der Waals surface area contributed by atoms with Crippen LogP contribution < -0.4 is 10.3 Å². The molecule has 0 fully saturated rings. The fourth-order valence-corrected chi connectivity index (χ4v) is 4.03. The number of hydrogen-bond donors (Lipinski definition) is 1. The first-order valence-electron chi connectivity index (χ1n) is 7.10. The zero-order valence-corrected chi connectivity index (χ0v) is 14.5. The SMILES string of the molecule is Cc1c(Cl)cccc1S(=O)(=O)Nc1ccc2c(C)cc(=O)oc2c1. The third-order valence-electron chi connectivity index (χ3n) is 3.71. The van der Waals surface area contributed by atoms with Crippen molar-refractivity contribution in [2.24, 2.45) is 0 Å². The predicted octanol–water partition coefficient (Wildman–Crippen LogP) is 3.86. The Morgan fingerprint density at radius 3 is 2.58 bits per heavy atom. The number of nitrogens with one attached hydrogen (secondary N) is 1. The normalized spacial score (nSPS) is 11.6. The maximum atomic E-state index is 12.6. The van der Waals surface area contributed by atoms with Gasteiger partial charge in [0.1, 0.15) is 5.58 Å². The van der Waals surface area contributed by atoms with Crippen LogP contribution in [0.5, 0.6) is 0 Å². The number of fused-ring (bicyclic) bond motifs is 1. The van der Waals surface area contributed by atoms with Gasteiger partial charge in [0.25, 0.3) is 10.0 Å². The van der Waals surface area contributed by atoms with Crippen LogP contribution in [0, 0.1) is 13.8 Å². The molecule has 0 aliphatic heterocycles. The van der Waals surface area contributed by atoms with Crippen molar-refractivity contribution in [1.82, 2.24) is 0 Å². The lowest BCUT2D eigenvalue weighted by Crippen LogP contribution is -2.14. The van der Waals surface area contributed by atoms with E-state index in [0.717, 1.165) is 10.9 Å². The zero-order chi connectivity index (χ0) is 17.5. The molecule has 0 unspecified atom stereocenters. The fraction of sp³-hybridized carbons (Fsp3) is 0.118. The summed E-state index contributed by atoms with van der Waals surface area (Å²) >= 11 is 5.99. The minimum Gasteiger partial charge on any atom is -0.423 e. The van der Waals surface area contributed by atoms with Gasteiger partial charge in [0.05, 0.1) is 10.6 Å². The van der Waals surface area contributed by atoms with Crippen LogP contribution in [0.2, 0.25) is 5.02 Å². The monoisotopic (exact) mass is 363 g/mol. The van der Waals surface area contributed by atoms with Crippen LogP contribution in [0.3, 0.4) is 0 Å². The highest BCUT2D eigenvalue weighted by molar-refractivity contribution is 7.92. The Hall–Kier alpha value is -2.31. The average Bonchev–Trinajstić information content (AvgIpc) is 2.48. The topological polar surface area (TPSA) is 76.4 Å². The van der Waals surface area contributed by atoms with E-state index in [4.69, 9.17) is 16.0 Å². The number of hydrogen-bond acceptors (Lipinski definition) is 4.